The number of hydrogen-bond acceptors (Lipinski definition) is 4. The van der Waals surface area contributed by atoms with Crippen LogP contribution in [0.1, 0.15) is 44.6 Å². The lowest BCUT2D eigenvalue weighted by molar-refractivity contribution is -0.135. The van der Waals surface area contributed by atoms with Gasteiger partial charge in [-0.15, -0.1) is 0 Å². The Kier molecular flexibility index (Phi) is 9.44. The summed E-state index contributed by atoms with van der Waals surface area (Å²) in [5.41, 5.74) is 0.970. The van der Waals surface area contributed by atoms with Crippen LogP contribution in [-0.2, 0) is 16.1 Å². The number of carbonyl (C=O) groups excluding carboxylic acids is 3. The van der Waals surface area contributed by atoms with Crippen LogP contribution in [0.25, 0.3) is 0 Å². The molecule has 0 radical (unpaired) electrons. The Balaban J connectivity index is 1.90. The molecule has 30 heavy (non-hydrogen) atoms. The van der Waals surface area contributed by atoms with Crippen molar-refractivity contribution in [3.05, 3.63) is 29.8 Å². The van der Waals surface area contributed by atoms with Gasteiger partial charge in [-0.2, -0.15) is 0 Å². The summed E-state index contributed by atoms with van der Waals surface area (Å²) in [4.78, 5) is 38.9. The molecular weight excluding hydrogens is 384 g/mol. The van der Waals surface area contributed by atoms with Gasteiger partial charge < -0.3 is 25.6 Å². The number of nitrogens with zero attached hydrogens (tertiary/aromatic N) is 1. The number of urea groups is 1. The van der Waals surface area contributed by atoms with Gasteiger partial charge in [0.1, 0.15) is 5.75 Å². The highest BCUT2D eigenvalue weighted by Crippen LogP contribution is 2.19. The molecule has 1 heterocycles. The van der Waals surface area contributed by atoms with Crippen molar-refractivity contribution >= 4 is 17.8 Å². The minimum atomic E-state index is -0.370. The standard InChI is InChI=1S/C22H34N4O4/c1-4-12-23-22(29)25-18-7-5-6-17(13-20(27)26(2)15-18)21(28)24-14-16-8-10-19(30-3)11-9-16/h8-11,17-18H,4-7,12-15H2,1-3H3,(H,24,28)(H2,23,25,29)/t17-,18-/m1/s1. The third-order valence-electron chi connectivity index (χ3n) is 5.31. The highest BCUT2D eigenvalue weighted by Gasteiger charge is 2.27. The van der Waals surface area contributed by atoms with Crippen LogP contribution < -0.4 is 20.7 Å². The lowest BCUT2D eigenvalue weighted by atomic mass is 9.96. The van der Waals surface area contributed by atoms with Crippen molar-refractivity contribution in [2.75, 3.05) is 27.2 Å². The first-order valence-electron chi connectivity index (χ1n) is 10.6. The number of hydrogen-bond donors (Lipinski definition) is 3. The molecule has 0 unspecified atom stereocenters. The summed E-state index contributed by atoms with van der Waals surface area (Å²) in [6.45, 7) is 3.46. The first-order valence-corrected chi connectivity index (χ1v) is 10.6. The lowest BCUT2D eigenvalue weighted by Crippen LogP contribution is -2.48. The third kappa shape index (κ3) is 7.57. The lowest BCUT2D eigenvalue weighted by Gasteiger charge is -2.24. The zero-order valence-corrected chi connectivity index (χ0v) is 18.2. The highest BCUT2D eigenvalue weighted by atomic mass is 16.5. The molecule has 8 nitrogen and oxygen atoms in total. The molecule has 0 aromatic heterocycles. The number of methoxy groups -OCH3 is 1. The first-order chi connectivity index (χ1) is 14.4. The Labute approximate surface area is 178 Å². The maximum atomic E-state index is 12.7. The molecule has 1 aliphatic heterocycles. The number of likely N-dealkylation sites (N-methyl/N-ethyl adjacent to an activating group) is 1. The summed E-state index contributed by atoms with van der Waals surface area (Å²) in [7, 11) is 3.33. The normalized spacial score (nSPS) is 19.8. The minimum absolute atomic E-state index is 0.0812. The van der Waals surface area contributed by atoms with Gasteiger partial charge >= 0.3 is 6.03 Å². The summed E-state index contributed by atoms with van der Waals surface area (Å²) >= 11 is 0. The van der Waals surface area contributed by atoms with Crippen LogP contribution in [-0.4, -0.2) is 56.0 Å². The van der Waals surface area contributed by atoms with E-state index >= 15 is 0 Å². The fraction of sp³-hybridized carbons (Fsp3) is 0.591. The molecule has 166 valence electrons. The number of carbonyl (C=O) groups is 3. The fourth-order valence-electron chi connectivity index (χ4n) is 3.50. The first kappa shape index (κ1) is 23.5. The molecular formula is C22H34N4O4. The summed E-state index contributed by atoms with van der Waals surface area (Å²) < 4.78 is 5.14. The Morgan fingerprint density at radius 3 is 2.57 bits per heavy atom. The minimum Gasteiger partial charge on any atom is -0.497 e. The Morgan fingerprint density at radius 1 is 1.17 bits per heavy atom. The zero-order valence-electron chi connectivity index (χ0n) is 18.2. The van der Waals surface area contributed by atoms with Crippen molar-refractivity contribution in [2.24, 2.45) is 5.92 Å². The monoisotopic (exact) mass is 418 g/mol. The second-order valence-electron chi connectivity index (χ2n) is 7.77. The Bertz CT molecular complexity index is 708. The van der Waals surface area contributed by atoms with E-state index in [1.807, 2.05) is 31.2 Å². The molecule has 2 rings (SSSR count). The summed E-state index contributed by atoms with van der Waals surface area (Å²) in [5.74, 6) is 0.203. The fourth-order valence-corrected chi connectivity index (χ4v) is 3.50. The van der Waals surface area contributed by atoms with Gasteiger partial charge in [-0.1, -0.05) is 25.5 Å². The number of ether oxygens (including phenoxy) is 1. The second kappa shape index (κ2) is 12.0. The van der Waals surface area contributed by atoms with Crippen molar-refractivity contribution in [1.29, 1.82) is 0 Å². The van der Waals surface area contributed by atoms with Gasteiger partial charge in [0.25, 0.3) is 0 Å². The predicted molar refractivity (Wildman–Crippen MR) is 115 cm³/mol. The van der Waals surface area contributed by atoms with E-state index in [-0.39, 0.29) is 36.2 Å². The molecule has 1 aromatic carbocycles. The molecule has 1 aromatic rings. The van der Waals surface area contributed by atoms with Gasteiger partial charge in [-0.3, -0.25) is 9.59 Å². The maximum absolute atomic E-state index is 12.7. The van der Waals surface area contributed by atoms with E-state index in [4.69, 9.17) is 4.74 Å². The van der Waals surface area contributed by atoms with Crippen LogP contribution in [0.2, 0.25) is 0 Å². The van der Waals surface area contributed by atoms with Gasteiger partial charge in [-0.25, -0.2) is 4.79 Å². The van der Waals surface area contributed by atoms with Crippen LogP contribution in [0, 0.1) is 5.92 Å². The van der Waals surface area contributed by atoms with Crippen LogP contribution in [0.5, 0.6) is 5.75 Å². The predicted octanol–water partition coefficient (Wildman–Crippen LogP) is 2.04. The number of amides is 4. The van der Waals surface area contributed by atoms with Crippen LogP contribution in [0.3, 0.4) is 0 Å². The van der Waals surface area contributed by atoms with Crippen molar-refractivity contribution in [3.63, 3.8) is 0 Å². The van der Waals surface area contributed by atoms with E-state index in [1.54, 1.807) is 19.1 Å². The van der Waals surface area contributed by atoms with E-state index in [1.165, 1.54) is 0 Å². The second-order valence-corrected chi connectivity index (χ2v) is 7.77. The van der Waals surface area contributed by atoms with Gasteiger partial charge in [0.2, 0.25) is 11.8 Å². The number of benzene rings is 1. The molecule has 4 amide bonds. The molecule has 1 aliphatic rings. The summed E-state index contributed by atoms with van der Waals surface area (Å²) in [5, 5.41) is 8.69. The average Bonchev–Trinajstić information content (AvgIpc) is 2.81. The van der Waals surface area contributed by atoms with Crippen LogP contribution >= 0.6 is 0 Å². The topological polar surface area (TPSA) is 99.8 Å². The summed E-state index contributed by atoms with van der Waals surface area (Å²) in [6, 6.07) is 7.17. The van der Waals surface area contributed by atoms with E-state index in [0.29, 0.717) is 26.1 Å². The Hall–Kier alpha value is -2.77. The van der Waals surface area contributed by atoms with Crippen molar-refractivity contribution < 1.29 is 19.1 Å². The van der Waals surface area contributed by atoms with E-state index < -0.39 is 0 Å². The molecule has 0 bridgehead atoms. The smallest absolute Gasteiger partial charge is 0.315 e. The zero-order chi connectivity index (χ0) is 21.9. The van der Waals surface area contributed by atoms with Gasteiger partial charge in [0.15, 0.2) is 0 Å². The summed E-state index contributed by atoms with van der Waals surface area (Å²) in [6.07, 6.45) is 3.15. The van der Waals surface area contributed by atoms with Gasteiger partial charge in [-0.05, 0) is 37.0 Å². The van der Waals surface area contributed by atoms with Crippen LogP contribution in [0.15, 0.2) is 24.3 Å². The Morgan fingerprint density at radius 2 is 1.90 bits per heavy atom. The number of nitrogens with one attached hydrogen (secondary N) is 3. The molecule has 0 aliphatic carbocycles. The average molecular weight is 419 g/mol. The van der Waals surface area contributed by atoms with Gasteiger partial charge in [0, 0.05) is 45.1 Å². The van der Waals surface area contributed by atoms with Crippen molar-refractivity contribution in [1.82, 2.24) is 20.9 Å². The molecule has 1 saturated heterocycles. The van der Waals surface area contributed by atoms with E-state index in [0.717, 1.165) is 30.6 Å². The third-order valence-corrected chi connectivity index (χ3v) is 5.31. The van der Waals surface area contributed by atoms with E-state index in [2.05, 4.69) is 16.0 Å². The molecule has 3 N–H and O–H groups in total. The molecule has 8 heteroatoms. The molecule has 1 fully saturated rings. The van der Waals surface area contributed by atoms with E-state index in [9.17, 15) is 14.4 Å². The molecule has 0 spiro atoms. The largest absolute Gasteiger partial charge is 0.497 e. The van der Waals surface area contributed by atoms with Crippen molar-refractivity contribution in [3.8, 4) is 5.75 Å². The maximum Gasteiger partial charge on any atom is 0.315 e. The molecule has 0 saturated carbocycles. The quantitative estimate of drug-likeness (QED) is 0.631. The van der Waals surface area contributed by atoms with Crippen LogP contribution in [0.4, 0.5) is 4.79 Å². The highest BCUT2D eigenvalue weighted by molar-refractivity contribution is 5.85. The molecule has 2 atom stereocenters. The SMILES string of the molecule is CCCNC(=O)N[C@@H]1CCC[C@@H](C(=O)NCc2ccc(OC)cc2)CC(=O)N(C)C1. The number of rotatable bonds is 7. The van der Waals surface area contributed by atoms with Crippen molar-refractivity contribution in [2.45, 2.75) is 51.6 Å². The van der Waals surface area contributed by atoms with Gasteiger partial charge in [0.05, 0.1) is 7.11 Å².